The lowest BCUT2D eigenvalue weighted by Gasteiger charge is -2.12. The Bertz CT molecular complexity index is 331. The van der Waals surface area contributed by atoms with Gasteiger partial charge in [-0.25, -0.2) is 8.78 Å². The Kier molecular flexibility index (Phi) is 5.35. The molecule has 0 amide bonds. The van der Waals surface area contributed by atoms with Crippen LogP contribution >= 0.6 is 0 Å². The molecule has 1 atom stereocenters. The highest BCUT2D eigenvalue weighted by molar-refractivity contribution is 5.17. The summed E-state index contributed by atoms with van der Waals surface area (Å²) in [5.41, 5.74) is 0.725. The molecule has 0 aliphatic carbocycles. The summed E-state index contributed by atoms with van der Waals surface area (Å²) < 4.78 is 30.8. The number of ether oxygens (including phenoxy) is 1. The van der Waals surface area contributed by atoms with Gasteiger partial charge in [0.1, 0.15) is 0 Å². The van der Waals surface area contributed by atoms with E-state index in [0.717, 1.165) is 11.6 Å². The van der Waals surface area contributed by atoms with E-state index >= 15 is 0 Å². The first kappa shape index (κ1) is 13.1. The third-order valence-corrected chi connectivity index (χ3v) is 2.20. The molecule has 0 aromatic heterocycles. The third-order valence-electron chi connectivity index (χ3n) is 2.20. The van der Waals surface area contributed by atoms with Crippen LogP contribution in [0.5, 0.6) is 0 Å². The Labute approximate surface area is 94.6 Å². The van der Waals surface area contributed by atoms with Crippen LogP contribution in [-0.4, -0.2) is 19.3 Å². The second-order valence-corrected chi connectivity index (χ2v) is 3.65. The van der Waals surface area contributed by atoms with Gasteiger partial charge in [0.05, 0.1) is 6.10 Å². The number of rotatable bonds is 6. The predicted molar refractivity (Wildman–Crippen MR) is 59.2 cm³/mol. The molecule has 0 aliphatic heterocycles. The van der Waals surface area contributed by atoms with Crippen LogP contribution in [0.25, 0.3) is 0 Å². The predicted octanol–water partition coefficient (Wildman–Crippen LogP) is 2.48. The Balaban J connectivity index is 2.34. The molecule has 4 heteroatoms. The molecule has 0 spiro atoms. The van der Waals surface area contributed by atoms with Crippen molar-refractivity contribution in [3.63, 3.8) is 0 Å². The summed E-state index contributed by atoms with van der Waals surface area (Å²) in [6.45, 7) is 5.77. The molecule has 0 saturated heterocycles. The third kappa shape index (κ3) is 4.24. The smallest absolute Gasteiger partial charge is 0.159 e. The zero-order chi connectivity index (χ0) is 12.0. The fourth-order valence-corrected chi connectivity index (χ4v) is 1.41. The summed E-state index contributed by atoms with van der Waals surface area (Å²) in [4.78, 5) is 0. The monoisotopic (exact) mass is 229 g/mol. The molecule has 0 bridgehead atoms. The van der Waals surface area contributed by atoms with Crippen molar-refractivity contribution in [2.45, 2.75) is 26.5 Å². The van der Waals surface area contributed by atoms with Crippen LogP contribution in [0, 0.1) is 11.6 Å². The summed E-state index contributed by atoms with van der Waals surface area (Å²) in [5.74, 6) is -1.62. The maximum atomic E-state index is 12.9. The second kappa shape index (κ2) is 6.55. The first-order valence-electron chi connectivity index (χ1n) is 5.39. The van der Waals surface area contributed by atoms with Crippen molar-refractivity contribution in [3.05, 3.63) is 35.4 Å². The van der Waals surface area contributed by atoms with Crippen molar-refractivity contribution >= 4 is 0 Å². The molecule has 1 unspecified atom stereocenters. The van der Waals surface area contributed by atoms with Crippen molar-refractivity contribution in [1.29, 1.82) is 0 Å². The zero-order valence-electron chi connectivity index (χ0n) is 9.59. The van der Waals surface area contributed by atoms with Crippen molar-refractivity contribution < 1.29 is 13.5 Å². The van der Waals surface area contributed by atoms with E-state index in [9.17, 15) is 8.78 Å². The van der Waals surface area contributed by atoms with E-state index in [1.807, 2.05) is 13.8 Å². The highest BCUT2D eigenvalue weighted by Crippen LogP contribution is 2.08. The lowest BCUT2D eigenvalue weighted by molar-refractivity contribution is 0.0759. The summed E-state index contributed by atoms with van der Waals surface area (Å²) in [5, 5.41) is 3.12. The molecule has 0 heterocycles. The van der Waals surface area contributed by atoms with Crippen LogP contribution in [0.15, 0.2) is 18.2 Å². The summed E-state index contributed by atoms with van der Waals surface area (Å²) in [6.07, 6.45) is 0.121. The first-order chi connectivity index (χ1) is 7.63. The van der Waals surface area contributed by atoms with Gasteiger partial charge in [0.15, 0.2) is 11.6 Å². The zero-order valence-corrected chi connectivity index (χ0v) is 9.59. The highest BCUT2D eigenvalue weighted by Gasteiger charge is 2.03. The molecule has 1 aromatic carbocycles. The largest absolute Gasteiger partial charge is 0.377 e. The summed E-state index contributed by atoms with van der Waals surface area (Å²) in [7, 11) is 0. The maximum Gasteiger partial charge on any atom is 0.159 e. The van der Waals surface area contributed by atoms with E-state index in [4.69, 9.17) is 4.74 Å². The van der Waals surface area contributed by atoms with Crippen molar-refractivity contribution in [3.8, 4) is 0 Å². The molecule has 1 aromatic rings. The second-order valence-electron chi connectivity index (χ2n) is 3.65. The van der Waals surface area contributed by atoms with E-state index < -0.39 is 11.6 Å². The number of hydrogen-bond acceptors (Lipinski definition) is 2. The minimum Gasteiger partial charge on any atom is -0.377 e. The first-order valence-corrected chi connectivity index (χ1v) is 5.39. The lowest BCUT2D eigenvalue weighted by atomic mass is 10.2. The molecule has 16 heavy (non-hydrogen) atoms. The van der Waals surface area contributed by atoms with Gasteiger partial charge in [-0.05, 0) is 31.5 Å². The topological polar surface area (TPSA) is 21.3 Å². The van der Waals surface area contributed by atoms with E-state index in [1.54, 1.807) is 6.07 Å². The minimum absolute atomic E-state index is 0.121. The van der Waals surface area contributed by atoms with Gasteiger partial charge < -0.3 is 10.1 Å². The summed E-state index contributed by atoms with van der Waals surface area (Å²) >= 11 is 0. The highest BCUT2D eigenvalue weighted by atomic mass is 19.2. The van der Waals surface area contributed by atoms with E-state index in [1.165, 1.54) is 6.07 Å². The lowest BCUT2D eigenvalue weighted by Crippen LogP contribution is -2.26. The normalized spacial score (nSPS) is 12.8. The van der Waals surface area contributed by atoms with E-state index in [0.29, 0.717) is 19.7 Å². The fourth-order valence-electron chi connectivity index (χ4n) is 1.41. The SMILES string of the molecule is CCOC(C)CNCc1ccc(F)c(F)c1. The van der Waals surface area contributed by atoms with E-state index in [-0.39, 0.29) is 6.10 Å². The van der Waals surface area contributed by atoms with Crippen LogP contribution in [0.4, 0.5) is 8.78 Å². The molecule has 0 saturated carbocycles. The van der Waals surface area contributed by atoms with Crippen LogP contribution in [0.3, 0.4) is 0 Å². The van der Waals surface area contributed by atoms with Crippen LogP contribution < -0.4 is 5.32 Å². The molecule has 0 aliphatic rings. The minimum atomic E-state index is -0.813. The number of nitrogens with one attached hydrogen (secondary N) is 1. The maximum absolute atomic E-state index is 12.9. The van der Waals surface area contributed by atoms with Gasteiger partial charge in [-0.15, -0.1) is 0 Å². The van der Waals surface area contributed by atoms with Crippen molar-refractivity contribution in [2.24, 2.45) is 0 Å². The average Bonchev–Trinajstić information content (AvgIpc) is 2.24. The van der Waals surface area contributed by atoms with Gasteiger partial charge in [-0.1, -0.05) is 6.07 Å². The Morgan fingerprint density at radius 2 is 2.06 bits per heavy atom. The van der Waals surface area contributed by atoms with Gasteiger partial charge >= 0.3 is 0 Å². The number of hydrogen-bond donors (Lipinski definition) is 1. The van der Waals surface area contributed by atoms with Crippen molar-refractivity contribution in [1.82, 2.24) is 5.32 Å². The van der Waals surface area contributed by atoms with Crippen LogP contribution in [-0.2, 0) is 11.3 Å². The molecule has 1 N–H and O–H groups in total. The Hall–Kier alpha value is -1.00. The number of halogens is 2. The van der Waals surface area contributed by atoms with Crippen molar-refractivity contribution in [2.75, 3.05) is 13.2 Å². The Morgan fingerprint density at radius 1 is 1.31 bits per heavy atom. The van der Waals surface area contributed by atoms with Crippen LogP contribution in [0.1, 0.15) is 19.4 Å². The van der Waals surface area contributed by atoms with Gasteiger partial charge in [-0.2, -0.15) is 0 Å². The standard InChI is InChI=1S/C12H17F2NO/c1-3-16-9(2)7-15-8-10-4-5-11(13)12(14)6-10/h4-6,9,15H,3,7-8H2,1-2H3. The fraction of sp³-hybridized carbons (Fsp3) is 0.500. The van der Waals surface area contributed by atoms with Crippen LogP contribution in [0.2, 0.25) is 0 Å². The molecular formula is C12H17F2NO. The Morgan fingerprint density at radius 3 is 2.69 bits per heavy atom. The average molecular weight is 229 g/mol. The number of benzene rings is 1. The molecule has 0 fully saturated rings. The quantitative estimate of drug-likeness (QED) is 0.809. The van der Waals surface area contributed by atoms with Gasteiger partial charge in [-0.3, -0.25) is 0 Å². The molecule has 2 nitrogen and oxygen atoms in total. The summed E-state index contributed by atoms with van der Waals surface area (Å²) in [6, 6.07) is 3.91. The van der Waals surface area contributed by atoms with E-state index in [2.05, 4.69) is 5.32 Å². The molecule has 90 valence electrons. The van der Waals surface area contributed by atoms with Gasteiger partial charge in [0.2, 0.25) is 0 Å². The van der Waals surface area contributed by atoms with Gasteiger partial charge in [0, 0.05) is 19.7 Å². The molecule has 1 rings (SSSR count). The molecular weight excluding hydrogens is 212 g/mol. The van der Waals surface area contributed by atoms with Gasteiger partial charge in [0.25, 0.3) is 0 Å². The molecule has 0 radical (unpaired) electrons.